The number of rotatable bonds is 2. The van der Waals surface area contributed by atoms with Gasteiger partial charge >= 0.3 is 0 Å². The number of hydrogen-bond acceptors (Lipinski definition) is 3. The molecule has 0 amide bonds. The molecule has 4 nitrogen and oxygen atoms in total. The fourth-order valence-electron chi connectivity index (χ4n) is 1.24. The molecule has 0 aromatic carbocycles. The first-order valence-corrected chi connectivity index (χ1v) is 4.62. The molecule has 0 atom stereocenters. The minimum absolute atomic E-state index is 0.130. The predicted octanol–water partition coefficient (Wildman–Crippen LogP) is 1.00. The van der Waals surface area contributed by atoms with Crippen molar-refractivity contribution in [2.24, 2.45) is 0 Å². The van der Waals surface area contributed by atoms with Gasteiger partial charge < -0.3 is 10.3 Å². The van der Waals surface area contributed by atoms with Crippen molar-refractivity contribution in [2.75, 3.05) is 5.73 Å². The van der Waals surface area contributed by atoms with Gasteiger partial charge in [0.15, 0.2) is 4.77 Å². The summed E-state index contributed by atoms with van der Waals surface area (Å²) in [6.07, 6.45) is 0. The van der Waals surface area contributed by atoms with Crippen LogP contribution in [0.5, 0.6) is 0 Å². The highest BCUT2D eigenvalue weighted by atomic mass is 32.1. The lowest BCUT2D eigenvalue weighted by atomic mass is 10.5. The van der Waals surface area contributed by atoms with Crippen LogP contribution in [-0.2, 0) is 13.1 Å². The lowest BCUT2D eigenvalue weighted by Crippen LogP contribution is -2.25. The SMILES string of the molecule is CCn1c(N)cc(=O)n(CC)c1=S. The smallest absolute Gasteiger partial charge is 0.256 e. The molecule has 1 heterocycles. The van der Waals surface area contributed by atoms with Gasteiger partial charge in [-0.1, -0.05) is 0 Å². The highest BCUT2D eigenvalue weighted by Crippen LogP contribution is 2.00. The summed E-state index contributed by atoms with van der Waals surface area (Å²) < 4.78 is 3.75. The Kier molecular flexibility index (Phi) is 2.87. The first-order valence-electron chi connectivity index (χ1n) is 4.22. The summed E-state index contributed by atoms with van der Waals surface area (Å²) in [6.45, 7) is 5.09. The first-order chi connectivity index (χ1) is 6.11. The summed E-state index contributed by atoms with van der Waals surface area (Å²) in [6, 6.07) is 1.41. The zero-order valence-electron chi connectivity index (χ0n) is 7.78. The van der Waals surface area contributed by atoms with E-state index in [0.717, 1.165) is 0 Å². The van der Waals surface area contributed by atoms with Crippen molar-refractivity contribution in [1.82, 2.24) is 9.13 Å². The van der Waals surface area contributed by atoms with Crippen LogP contribution >= 0.6 is 12.2 Å². The van der Waals surface area contributed by atoms with E-state index < -0.39 is 0 Å². The number of anilines is 1. The number of nitrogens with zero attached hydrogens (tertiary/aromatic N) is 2. The molecule has 1 aromatic rings. The minimum Gasteiger partial charge on any atom is -0.385 e. The molecule has 0 unspecified atom stereocenters. The third-order valence-electron chi connectivity index (χ3n) is 1.94. The van der Waals surface area contributed by atoms with Crippen molar-refractivity contribution in [3.05, 3.63) is 21.2 Å². The molecule has 0 radical (unpaired) electrons. The molecule has 0 aliphatic rings. The molecule has 0 saturated heterocycles. The number of aromatic nitrogens is 2. The van der Waals surface area contributed by atoms with Crippen LogP contribution in [0.2, 0.25) is 0 Å². The van der Waals surface area contributed by atoms with Crippen molar-refractivity contribution in [1.29, 1.82) is 0 Å². The fraction of sp³-hybridized carbons (Fsp3) is 0.500. The van der Waals surface area contributed by atoms with Gasteiger partial charge in [-0.2, -0.15) is 0 Å². The van der Waals surface area contributed by atoms with Gasteiger partial charge in [0.05, 0.1) is 0 Å². The van der Waals surface area contributed by atoms with Gasteiger partial charge in [0.25, 0.3) is 5.56 Å². The van der Waals surface area contributed by atoms with E-state index in [-0.39, 0.29) is 5.56 Å². The Hall–Kier alpha value is -1.10. The first kappa shape index (κ1) is 9.98. The van der Waals surface area contributed by atoms with Gasteiger partial charge in [-0.3, -0.25) is 9.36 Å². The maximum Gasteiger partial charge on any atom is 0.256 e. The van der Waals surface area contributed by atoms with E-state index in [0.29, 0.717) is 23.7 Å². The Morgan fingerprint density at radius 2 is 1.92 bits per heavy atom. The van der Waals surface area contributed by atoms with Crippen molar-refractivity contribution in [3.8, 4) is 0 Å². The third kappa shape index (κ3) is 1.65. The molecule has 0 fully saturated rings. The van der Waals surface area contributed by atoms with Crippen molar-refractivity contribution in [2.45, 2.75) is 26.9 Å². The standard InChI is InChI=1S/C8H13N3OS/c1-3-10-6(9)5-7(12)11(4-2)8(10)13/h5H,3-4,9H2,1-2H3. The molecule has 0 saturated carbocycles. The molecule has 1 aromatic heterocycles. The van der Waals surface area contributed by atoms with Crippen molar-refractivity contribution >= 4 is 18.0 Å². The third-order valence-corrected chi connectivity index (χ3v) is 2.38. The maximum absolute atomic E-state index is 11.4. The van der Waals surface area contributed by atoms with E-state index in [2.05, 4.69) is 0 Å². The summed E-state index contributed by atoms with van der Waals surface area (Å²) in [5, 5.41) is 0. The van der Waals surface area contributed by atoms with E-state index in [1.54, 1.807) is 4.57 Å². The van der Waals surface area contributed by atoms with Gasteiger partial charge in [0.1, 0.15) is 5.82 Å². The van der Waals surface area contributed by atoms with Gasteiger partial charge in [0.2, 0.25) is 0 Å². The molecule has 2 N–H and O–H groups in total. The normalized spacial score (nSPS) is 10.3. The van der Waals surface area contributed by atoms with Crippen molar-refractivity contribution in [3.63, 3.8) is 0 Å². The van der Waals surface area contributed by atoms with E-state index >= 15 is 0 Å². The van der Waals surface area contributed by atoms with Gasteiger partial charge in [-0.15, -0.1) is 0 Å². The molecule has 0 bridgehead atoms. The van der Waals surface area contributed by atoms with Crippen LogP contribution in [0.25, 0.3) is 0 Å². The molecule has 0 aliphatic carbocycles. The van der Waals surface area contributed by atoms with Crippen LogP contribution in [-0.4, -0.2) is 9.13 Å². The summed E-state index contributed by atoms with van der Waals surface area (Å²) in [4.78, 5) is 11.4. The van der Waals surface area contributed by atoms with Crippen LogP contribution in [0.15, 0.2) is 10.9 Å². The minimum atomic E-state index is -0.130. The average Bonchev–Trinajstić information content (AvgIpc) is 2.04. The van der Waals surface area contributed by atoms with Crippen LogP contribution in [0.4, 0.5) is 5.82 Å². The van der Waals surface area contributed by atoms with E-state index in [1.807, 2.05) is 13.8 Å². The average molecular weight is 199 g/mol. The Morgan fingerprint density at radius 3 is 2.38 bits per heavy atom. The topological polar surface area (TPSA) is 52.9 Å². The number of nitrogens with two attached hydrogens (primary N) is 1. The summed E-state index contributed by atoms with van der Waals surface area (Å²) in [5.41, 5.74) is 5.51. The Bertz CT molecular complexity index is 418. The molecular formula is C8H13N3OS. The second-order valence-corrected chi connectivity index (χ2v) is 3.04. The zero-order chi connectivity index (χ0) is 10.0. The molecule has 13 heavy (non-hydrogen) atoms. The summed E-state index contributed by atoms with van der Waals surface area (Å²) in [5.74, 6) is 0.433. The van der Waals surface area contributed by atoms with E-state index in [1.165, 1.54) is 10.6 Å². The highest BCUT2D eigenvalue weighted by molar-refractivity contribution is 7.71. The van der Waals surface area contributed by atoms with Crippen LogP contribution in [0.1, 0.15) is 13.8 Å². The lowest BCUT2D eigenvalue weighted by molar-refractivity contribution is 0.619. The Balaban J connectivity index is 3.59. The van der Waals surface area contributed by atoms with Crippen LogP contribution < -0.4 is 11.3 Å². The summed E-state index contributed by atoms with van der Waals surface area (Å²) in [7, 11) is 0. The maximum atomic E-state index is 11.4. The van der Waals surface area contributed by atoms with E-state index in [9.17, 15) is 4.79 Å². The Labute approximate surface area is 81.6 Å². The molecular weight excluding hydrogens is 186 g/mol. The fourth-order valence-corrected chi connectivity index (χ4v) is 1.70. The summed E-state index contributed by atoms with van der Waals surface area (Å²) >= 11 is 5.11. The number of hydrogen-bond donors (Lipinski definition) is 1. The van der Waals surface area contributed by atoms with E-state index in [4.69, 9.17) is 18.0 Å². The predicted molar refractivity (Wildman–Crippen MR) is 55.3 cm³/mol. The Morgan fingerprint density at radius 1 is 1.38 bits per heavy atom. The molecule has 0 spiro atoms. The quantitative estimate of drug-likeness (QED) is 0.723. The van der Waals surface area contributed by atoms with Crippen molar-refractivity contribution < 1.29 is 0 Å². The number of nitrogen functional groups attached to an aromatic ring is 1. The molecule has 5 heteroatoms. The second-order valence-electron chi connectivity index (χ2n) is 2.68. The van der Waals surface area contributed by atoms with Crippen LogP contribution in [0, 0.1) is 4.77 Å². The van der Waals surface area contributed by atoms with Crippen LogP contribution in [0.3, 0.4) is 0 Å². The van der Waals surface area contributed by atoms with Gasteiger partial charge in [0, 0.05) is 19.2 Å². The monoisotopic (exact) mass is 199 g/mol. The molecule has 1 rings (SSSR count). The molecule has 0 aliphatic heterocycles. The van der Waals surface area contributed by atoms with Gasteiger partial charge in [-0.25, -0.2) is 0 Å². The lowest BCUT2D eigenvalue weighted by Gasteiger charge is -2.11. The largest absolute Gasteiger partial charge is 0.385 e. The highest BCUT2D eigenvalue weighted by Gasteiger charge is 2.02. The van der Waals surface area contributed by atoms with Gasteiger partial charge in [-0.05, 0) is 26.1 Å². The second kappa shape index (κ2) is 3.74. The zero-order valence-corrected chi connectivity index (χ0v) is 8.60. The molecule has 72 valence electrons.